The summed E-state index contributed by atoms with van der Waals surface area (Å²) in [6.07, 6.45) is 5.47. The standard InChI is InChI=1S/C34H26O9S2.K/c1-4-24-19-23(2)20-30(21-24)42-29-13-18-33(34(22-29)45(37,38)39)43-28-11-16-32(17-12-28)44(35,36)31-14-9-27(10-15-31)41-26-7-5-25(40-3)6-8-26;/h1,5-22H,2-3H3,(H,37,38,39);/q;+1/p-1. The number of ether oxygens (including phenoxy) is 4. The molecule has 0 N–H and O–H groups in total. The molecule has 0 amide bonds. The van der Waals surface area contributed by atoms with Crippen LogP contribution in [0.3, 0.4) is 0 Å². The van der Waals surface area contributed by atoms with E-state index >= 15 is 0 Å². The fraction of sp³-hybridized carbons (Fsp3) is 0.0588. The van der Waals surface area contributed by atoms with E-state index < -0.39 is 24.9 Å². The Morgan fingerprint density at radius 3 is 1.61 bits per heavy atom. The monoisotopic (exact) mass is 680 g/mol. The maximum Gasteiger partial charge on any atom is 1.00 e. The first-order valence-electron chi connectivity index (χ1n) is 13.3. The number of benzene rings is 5. The van der Waals surface area contributed by atoms with Gasteiger partial charge in [0.1, 0.15) is 55.3 Å². The average molecular weight is 681 g/mol. The first-order valence-corrected chi connectivity index (χ1v) is 16.1. The van der Waals surface area contributed by atoms with Gasteiger partial charge in [-0.05, 0) is 116 Å². The topological polar surface area (TPSA) is 128 Å². The van der Waals surface area contributed by atoms with Crippen molar-refractivity contribution in [3.8, 4) is 52.6 Å². The molecule has 0 bridgehead atoms. The minimum absolute atomic E-state index is 0. The molecule has 0 heterocycles. The van der Waals surface area contributed by atoms with Gasteiger partial charge in [-0.25, -0.2) is 16.8 Å². The molecule has 0 aliphatic rings. The summed E-state index contributed by atoms with van der Waals surface area (Å²) in [4.78, 5) is -0.640. The number of hydrogen-bond donors (Lipinski definition) is 0. The van der Waals surface area contributed by atoms with E-state index in [9.17, 15) is 21.4 Å². The zero-order chi connectivity index (χ0) is 32.2. The third-order valence-corrected chi connectivity index (χ3v) is 9.07. The molecule has 228 valence electrons. The molecule has 0 aliphatic carbocycles. The van der Waals surface area contributed by atoms with Crippen molar-refractivity contribution in [2.75, 3.05) is 7.11 Å². The summed E-state index contributed by atoms with van der Waals surface area (Å²) in [6.45, 7) is 1.82. The Morgan fingerprint density at radius 1 is 0.609 bits per heavy atom. The molecule has 12 heteroatoms. The van der Waals surface area contributed by atoms with E-state index in [0.29, 0.717) is 28.6 Å². The van der Waals surface area contributed by atoms with E-state index in [1.807, 2.05) is 6.92 Å². The van der Waals surface area contributed by atoms with E-state index in [2.05, 4.69) is 5.92 Å². The van der Waals surface area contributed by atoms with Gasteiger partial charge < -0.3 is 23.5 Å². The van der Waals surface area contributed by atoms with Crippen molar-refractivity contribution in [1.82, 2.24) is 0 Å². The molecule has 0 unspecified atom stereocenters. The second-order valence-corrected chi connectivity index (χ2v) is 13.0. The van der Waals surface area contributed by atoms with Crippen molar-refractivity contribution in [2.24, 2.45) is 0 Å². The molecule has 5 aromatic rings. The van der Waals surface area contributed by atoms with Crippen molar-refractivity contribution in [3.05, 3.63) is 120 Å². The minimum atomic E-state index is -4.98. The van der Waals surface area contributed by atoms with Gasteiger partial charge in [-0.3, -0.25) is 0 Å². The summed E-state index contributed by atoms with van der Waals surface area (Å²) in [7, 11) is -7.33. The summed E-state index contributed by atoms with van der Waals surface area (Å²) in [6, 6.07) is 27.1. The Bertz CT molecular complexity index is 2100. The van der Waals surface area contributed by atoms with Crippen LogP contribution in [0.25, 0.3) is 0 Å². The SMILES string of the molecule is C#Cc1cc(C)cc(Oc2ccc(Oc3ccc(S(=O)(=O)c4ccc(Oc5ccc(OC)cc5)cc4)cc3)c(S(=O)(=O)[O-])c2)c1.[K+]. The zero-order valence-corrected chi connectivity index (χ0v) is 29.7. The van der Waals surface area contributed by atoms with Crippen molar-refractivity contribution < 1.29 is 91.7 Å². The molecule has 0 aromatic heterocycles. The number of methoxy groups -OCH3 is 1. The average Bonchev–Trinajstić information content (AvgIpc) is 3.02. The minimum Gasteiger partial charge on any atom is -0.744 e. The summed E-state index contributed by atoms with van der Waals surface area (Å²) in [5, 5.41) is 0. The van der Waals surface area contributed by atoms with Crippen LogP contribution in [0.2, 0.25) is 0 Å². The molecule has 0 atom stereocenters. The maximum absolute atomic E-state index is 13.2. The molecular formula is C34H25KO9S2. The van der Waals surface area contributed by atoms with Gasteiger partial charge in [-0.1, -0.05) is 5.92 Å². The molecule has 0 spiro atoms. The van der Waals surface area contributed by atoms with Gasteiger partial charge in [-0.15, -0.1) is 6.42 Å². The predicted molar refractivity (Wildman–Crippen MR) is 165 cm³/mol. The van der Waals surface area contributed by atoms with Crippen LogP contribution < -0.4 is 70.3 Å². The van der Waals surface area contributed by atoms with Crippen LogP contribution >= 0.6 is 0 Å². The number of terminal acetylenes is 1. The molecule has 0 saturated heterocycles. The molecule has 0 fully saturated rings. The maximum atomic E-state index is 13.2. The van der Waals surface area contributed by atoms with E-state index in [1.54, 1.807) is 61.7 Å². The van der Waals surface area contributed by atoms with Crippen LogP contribution in [0.15, 0.2) is 124 Å². The first kappa shape index (κ1) is 35.2. The van der Waals surface area contributed by atoms with E-state index in [4.69, 9.17) is 25.4 Å². The van der Waals surface area contributed by atoms with Gasteiger partial charge in [0.2, 0.25) is 9.84 Å². The molecule has 0 aliphatic heterocycles. The molecule has 5 rings (SSSR count). The normalized spacial score (nSPS) is 11.1. The molecular weight excluding hydrogens is 656 g/mol. The van der Waals surface area contributed by atoms with Crippen LogP contribution in [0.5, 0.6) is 40.2 Å². The summed E-state index contributed by atoms with van der Waals surface area (Å²) >= 11 is 0. The van der Waals surface area contributed by atoms with Crippen LogP contribution in [0.4, 0.5) is 0 Å². The quantitative estimate of drug-likeness (QED) is 0.122. The van der Waals surface area contributed by atoms with Crippen LogP contribution in [0.1, 0.15) is 11.1 Å². The molecule has 46 heavy (non-hydrogen) atoms. The zero-order valence-electron chi connectivity index (χ0n) is 25.0. The Kier molecular flexibility index (Phi) is 11.4. The fourth-order valence-corrected chi connectivity index (χ4v) is 6.15. The fourth-order valence-electron chi connectivity index (χ4n) is 4.27. The van der Waals surface area contributed by atoms with Crippen molar-refractivity contribution in [2.45, 2.75) is 21.6 Å². The Hall–Kier alpha value is -3.64. The predicted octanol–water partition coefficient (Wildman–Crippen LogP) is 4.10. The third-order valence-electron chi connectivity index (χ3n) is 6.43. The Labute approximate surface area is 310 Å². The van der Waals surface area contributed by atoms with E-state index in [1.165, 1.54) is 48.5 Å². The van der Waals surface area contributed by atoms with Crippen LogP contribution in [-0.4, -0.2) is 28.5 Å². The van der Waals surface area contributed by atoms with Gasteiger partial charge >= 0.3 is 51.4 Å². The molecule has 5 aromatic carbocycles. The smallest absolute Gasteiger partial charge is 0.744 e. The van der Waals surface area contributed by atoms with Gasteiger partial charge in [-0.2, -0.15) is 0 Å². The second-order valence-electron chi connectivity index (χ2n) is 9.67. The van der Waals surface area contributed by atoms with Crippen LogP contribution in [0, 0.1) is 19.3 Å². The Balaban J connectivity index is 0.00000480. The van der Waals surface area contributed by atoms with Gasteiger partial charge in [0, 0.05) is 11.6 Å². The molecule has 9 nitrogen and oxygen atoms in total. The van der Waals surface area contributed by atoms with Gasteiger partial charge in [0.25, 0.3) is 0 Å². The second kappa shape index (κ2) is 14.8. The molecule has 0 radical (unpaired) electrons. The summed E-state index contributed by atoms with van der Waals surface area (Å²) in [5.41, 5.74) is 1.40. The number of aryl methyl sites for hydroxylation is 1. The van der Waals surface area contributed by atoms with Crippen molar-refractivity contribution in [3.63, 3.8) is 0 Å². The van der Waals surface area contributed by atoms with E-state index in [0.717, 1.165) is 11.6 Å². The van der Waals surface area contributed by atoms with Crippen molar-refractivity contribution in [1.29, 1.82) is 0 Å². The van der Waals surface area contributed by atoms with Gasteiger partial charge in [0.05, 0.1) is 16.9 Å². The number of rotatable bonds is 10. The number of sulfone groups is 1. The van der Waals surface area contributed by atoms with Crippen LogP contribution in [-0.2, 0) is 20.0 Å². The van der Waals surface area contributed by atoms with Crippen molar-refractivity contribution >= 4 is 20.0 Å². The largest absolute Gasteiger partial charge is 1.00 e. The summed E-state index contributed by atoms with van der Waals surface area (Å²) < 4.78 is 85.0. The van der Waals surface area contributed by atoms with Gasteiger partial charge in [0.15, 0.2) is 0 Å². The Morgan fingerprint density at radius 2 is 1.09 bits per heavy atom. The first-order chi connectivity index (χ1) is 21.4. The molecule has 0 saturated carbocycles. The summed E-state index contributed by atoms with van der Waals surface area (Å²) in [5.74, 6) is 4.48. The van der Waals surface area contributed by atoms with E-state index in [-0.39, 0.29) is 78.4 Å². The number of hydrogen-bond acceptors (Lipinski definition) is 9. The third kappa shape index (κ3) is 8.58.